The second-order valence-corrected chi connectivity index (χ2v) is 18.9. The van der Waals surface area contributed by atoms with Crippen molar-refractivity contribution in [3.63, 3.8) is 0 Å². The fourth-order valence-corrected chi connectivity index (χ4v) is 7.03. The number of aromatic hydroxyl groups is 1. The third-order valence-corrected chi connectivity index (χ3v) is 11.2. The normalized spacial score (nSPS) is 15.3. The van der Waals surface area contributed by atoms with Crippen LogP contribution in [0.2, 0.25) is 0 Å². The number of amides is 10. The van der Waals surface area contributed by atoms with E-state index in [0.29, 0.717) is 5.56 Å². The number of aliphatic hydroxyl groups excluding tert-OH is 1. The van der Waals surface area contributed by atoms with E-state index in [1.807, 2.05) is 0 Å². The van der Waals surface area contributed by atoms with Crippen LogP contribution in [0.5, 0.6) is 5.75 Å². The molecular weight excluding hydrogens is 961 g/mol. The number of carboxylic acids is 2. The average molecular weight is 1040 g/mol. The molecule has 1 aromatic carbocycles. The van der Waals surface area contributed by atoms with Gasteiger partial charge in [-0.2, -0.15) is 0 Å². The number of phenolic OH excluding ortho intramolecular Hbond substituents is 1. The van der Waals surface area contributed by atoms with Crippen molar-refractivity contribution < 1.29 is 78.0 Å². The molecule has 0 aromatic heterocycles. The molecule has 0 unspecified atom stereocenters. The van der Waals surface area contributed by atoms with Crippen LogP contribution in [0, 0.1) is 23.7 Å². The SMILES string of the molecule is CC[C@H](C)[C@H](NC(=O)[C@@H](NC(=O)[C@@H](NC(=O)CNC(=O)[C@@H](NC(=O)[C@H](Cc1ccc(O)cc1)NC(C)=O)C(C)C)[C@@H](C)O)C(C)C)C(=O)N[C@@H](CC(N)=O)C(=O)N[C@@H](CC(=O)O)C(=O)N[C@@H](CC(C)C)C(=O)O. The Morgan fingerprint density at radius 3 is 1.47 bits per heavy atom. The Labute approximate surface area is 423 Å². The summed E-state index contributed by atoms with van der Waals surface area (Å²) in [4.78, 5) is 155. The van der Waals surface area contributed by atoms with Crippen LogP contribution in [0.15, 0.2) is 24.3 Å². The number of carboxylic acid groups (broad SMARTS) is 2. The van der Waals surface area contributed by atoms with Crippen molar-refractivity contribution in [1.29, 1.82) is 0 Å². The van der Waals surface area contributed by atoms with Crippen LogP contribution >= 0.6 is 0 Å². The van der Waals surface area contributed by atoms with E-state index in [2.05, 4.69) is 47.9 Å². The van der Waals surface area contributed by atoms with Gasteiger partial charge in [0.25, 0.3) is 0 Å². The molecule has 0 saturated carbocycles. The smallest absolute Gasteiger partial charge is 0.326 e. The molecule has 408 valence electrons. The summed E-state index contributed by atoms with van der Waals surface area (Å²) < 4.78 is 0. The molecule has 1 aromatic rings. The number of hydrogen-bond donors (Lipinski definition) is 14. The van der Waals surface area contributed by atoms with Crippen molar-refractivity contribution in [2.24, 2.45) is 29.4 Å². The number of carbonyl (C=O) groups excluding carboxylic acids is 10. The van der Waals surface area contributed by atoms with E-state index in [0.717, 1.165) is 0 Å². The van der Waals surface area contributed by atoms with Gasteiger partial charge in [0, 0.05) is 13.3 Å². The van der Waals surface area contributed by atoms with Crippen LogP contribution in [0.3, 0.4) is 0 Å². The Bertz CT molecular complexity index is 2130. The summed E-state index contributed by atoms with van der Waals surface area (Å²) in [5.74, 6) is -14.8. The van der Waals surface area contributed by atoms with Crippen molar-refractivity contribution in [1.82, 2.24) is 47.9 Å². The zero-order valence-corrected chi connectivity index (χ0v) is 42.8. The molecule has 0 bridgehead atoms. The number of primary amides is 1. The van der Waals surface area contributed by atoms with E-state index in [1.54, 1.807) is 53.7 Å². The van der Waals surface area contributed by atoms with Crippen LogP contribution in [-0.2, 0) is 64.0 Å². The lowest BCUT2D eigenvalue weighted by Crippen LogP contribution is -2.62. The largest absolute Gasteiger partial charge is 0.508 e. The molecule has 0 spiro atoms. The van der Waals surface area contributed by atoms with Gasteiger partial charge in [0.2, 0.25) is 59.1 Å². The van der Waals surface area contributed by atoms with Gasteiger partial charge in [-0.3, -0.25) is 52.7 Å². The van der Waals surface area contributed by atoms with Gasteiger partial charge in [0.05, 0.1) is 25.5 Å². The molecule has 15 N–H and O–H groups in total. The molecule has 0 aliphatic carbocycles. The lowest BCUT2D eigenvalue weighted by atomic mass is 9.95. The minimum atomic E-state index is -1.88. The number of phenols is 1. The van der Waals surface area contributed by atoms with Gasteiger partial charge >= 0.3 is 11.9 Å². The van der Waals surface area contributed by atoms with Gasteiger partial charge in [-0.1, -0.05) is 73.9 Å². The van der Waals surface area contributed by atoms with Crippen LogP contribution in [0.1, 0.15) is 100 Å². The van der Waals surface area contributed by atoms with E-state index < -0.39 is 163 Å². The monoisotopic (exact) mass is 1030 g/mol. The summed E-state index contributed by atoms with van der Waals surface area (Å²) in [7, 11) is 0. The molecule has 0 radical (unpaired) electrons. The fraction of sp³-hybridized carbons (Fsp3) is 0.617. The van der Waals surface area contributed by atoms with Crippen molar-refractivity contribution in [3.8, 4) is 5.75 Å². The number of benzene rings is 1. The van der Waals surface area contributed by atoms with Crippen molar-refractivity contribution in [2.75, 3.05) is 6.54 Å². The first kappa shape index (κ1) is 63.6. The number of nitrogens with one attached hydrogen (secondary N) is 9. The number of aliphatic carboxylic acids is 2. The second-order valence-electron chi connectivity index (χ2n) is 18.9. The fourth-order valence-electron chi connectivity index (χ4n) is 7.03. The Balaban J connectivity index is 3.22. The summed E-state index contributed by atoms with van der Waals surface area (Å²) in [6.07, 6.45) is -3.27. The quantitative estimate of drug-likeness (QED) is 0.0356. The van der Waals surface area contributed by atoms with Gasteiger partial charge in [-0.05, 0) is 54.7 Å². The standard InChI is InChI=1S/C47H74N10O16/c1-11-24(8)38(45(70)52-30(18-33(48)61)40(65)51-31(19-35(63)64)41(66)53-32(47(72)73)16-21(2)3)57-44(69)37(23(6)7)56-46(71)39(25(9)58)54-34(62)20-49-43(68)36(22(4)5)55-42(67)29(50-26(10)59)17-27-12-14-28(60)15-13-27/h12-15,21-25,29-32,36-39,58,60H,11,16-20H2,1-10H3,(H2,48,61)(H,49,68)(H,50,59)(H,51,65)(H,52,70)(H,53,66)(H,54,62)(H,55,67)(H,56,71)(H,57,69)(H,63,64)(H,72,73)/t24-,25+,29-,30-,31-,32-,36-,37-,38-,39-/m0/s1. The molecule has 0 fully saturated rings. The van der Waals surface area contributed by atoms with E-state index in [4.69, 9.17) is 5.73 Å². The first-order valence-electron chi connectivity index (χ1n) is 23.7. The van der Waals surface area contributed by atoms with E-state index >= 15 is 0 Å². The summed E-state index contributed by atoms with van der Waals surface area (Å²) >= 11 is 0. The molecule has 10 atom stereocenters. The molecule has 73 heavy (non-hydrogen) atoms. The highest BCUT2D eigenvalue weighted by molar-refractivity contribution is 5.99. The number of aliphatic hydroxyl groups is 1. The van der Waals surface area contributed by atoms with Gasteiger partial charge in [0.1, 0.15) is 54.1 Å². The van der Waals surface area contributed by atoms with E-state index in [1.165, 1.54) is 39.8 Å². The molecule has 0 aliphatic rings. The Morgan fingerprint density at radius 2 is 1.00 bits per heavy atom. The molecule has 0 aliphatic heterocycles. The first-order valence-corrected chi connectivity index (χ1v) is 23.7. The molecule has 26 heteroatoms. The minimum absolute atomic E-state index is 0.0105. The van der Waals surface area contributed by atoms with E-state index in [9.17, 15) is 78.0 Å². The van der Waals surface area contributed by atoms with Crippen molar-refractivity contribution >= 4 is 71.0 Å². The molecule has 10 amide bonds. The van der Waals surface area contributed by atoms with Crippen molar-refractivity contribution in [2.45, 2.75) is 156 Å². The zero-order valence-electron chi connectivity index (χ0n) is 42.8. The Hall–Kier alpha value is -7.38. The number of carbonyl (C=O) groups is 12. The third kappa shape index (κ3) is 22.7. The van der Waals surface area contributed by atoms with Crippen LogP contribution in [-0.4, -0.2) is 152 Å². The topological polar surface area (TPSA) is 420 Å². The second kappa shape index (κ2) is 30.5. The lowest BCUT2D eigenvalue weighted by molar-refractivity contribution is -0.144. The summed E-state index contributed by atoms with van der Waals surface area (Å²) in [5.41, 5.74) is 5.96. The highest BCUT2D eigenvalue weighted by Crippen LogP contribution is 2.14. The molecule has 1 rings (SSSR count). The Morgan fingerprint density at radius 1 is 0.548 bits per heavy atom. The molecule has 26 nitrogen and oxygen atoms in total. The maximum absolute atomic E-state index is 13.9. The number of hydrogen-bond acceptors (Lipinski definition) is 14. The maximum Gasteiger partial charge on any atom is 0.326 e. The van der Waals surface area contributed by atoms with Gasteiger partial charge in [-0.15, -0.1) is 0 Å². The first-order chi connectivity index (χ1) is 33.9. The van der Waals surface area contributed by atoms with Gasteiger partial charge in [-0.25, -0.2) is 4.79 Å². The van der Waals surface area contributed by atoms with Crippen LogP contribution < -0.4 is 53.6 Å². The van der Waals surface area contributed by atoms with Gasteiger partial charge < -0.3 is 74.0 Å². The summed E-state index contributed by atoms with van der Waals surface area (Å²) in [5, 5.41) is 60.6. The molecular formula is C47H74N10O16. The number of rotatable bonds is 31. The summed E-state index contributed by atoms with van der Waals surface area (Å²) in [6.45, 7) is 14.5. The third-order valence-electron chi connectivity index (χ3n) is 11.2. The maximum atomic E-state index is 13.9. The van der Waals surface area contributed by atoms with E-state index in [-0.39, 0.29) is 30.9 Å². The zero-order chi connectivity index (χ0) is 56.0. The number of nitrogens with two attached hydrogens (primary N) is 1. The Kier molecular flexibility index (Phi) is 26.6. The van der Waals surface area contributed by atoms with Gasteiger partial charge in [0.15, 0.2) is 0 Å². The summed E-state index contributed by atoms with van der Waals surface area (Å²) in [6, 6.07) is -6.22. The van der Waals surface area contributed by atoms with Crippen LogP contribution in [0.4, 0.5) is 0 Å². The predicted octanol–water partition coefficient (Wildman–Crippen LogP) is -2.83. The predicted molar refractivity (Wildman–Crippen MR) is 260 cm³/mol. The lowest BCUT2D eigenvalue weighted by Gasteiger charge is -2.30. The highest BCUT2D eigenvalue weighted by atomic mass is 16.4. The molecule has 0 heterocycles. The van der Waals surface area contributed by atoms with Crippen molar-refractivity contribution in [3.05, 3.63) is 29.8 Å². The highest BCUT2D eigenvalue weighted by Gasteiger charge is 2.38. The minimum Gasteiger partial charge on any atom is -0.508 e. The average Bonchev–Trinajstić information content (AvgIpc) is 3.28. The molecule has 0 saturated heterocycles. The van der Waals surface area contributed by atoms with Crippen LogP contribution in [0.25, 0.3) is 0 Å².